The van der Waals surface area contributed by atoms with Gasteiger partial charge >= 0.3 is 0 Å². The van der Waals surface area contributed by atoms with Gasteiger partial charge in [0.25, 0.3) is 0 Å². The van der Waals surface area contributed by atoms with E-state index in [0.717, 1.165) is 5.56 Å². The molecule has 0 aliphatic carbocycles. The molecule has 3 heteroatoms. The van der Waals surface area contributed by atoms with Crippen molar-refractivity contribution in [2.24, 2.45) is 0 Å². The molecule has 1 aromatic rings. The number of nitrogens with two attached hydrogens (primary N) is 1. The Morgan fingerprint density at radius 1 is 1.45 bits per heavy atom. The standard InChI is InChI=1S/C8H10ClNO/c1-4-3-6(11)5(2)8(10)7(4)9/h3,11H,10H2,1-2H3. The molecule has 0 atom stereocenters. The lowest BCUT2D eigenvalue weighted by Gasteiger charge is -2.07. The maximum atomic E-state index is 9.27. The molecule has 3 N–H and O–H groups in total. The largest absolute Gasteiger partial charge is 0.508 e. The summed E-state index contributed by atoms with van der Waals surface area (Å²) in [6.45, 7) is 3.54. The Morgan fingerprint density at radius 3 is 2.55 bits per heavy atom. The van der Waals surface area contributed by atoms with E-state index in [9.17, 15) is 5.11 Å². The van der Waals surface area contributed by atoms with Crippen LogP contribution in [0.2, 0.25) is 5.02 Å². The second-order valence-corrected chi connectivity index (χ2v) is 2.94. The molecular formula is C8H10ClNO. The van der Waals surface area contributed by atoms with Crippen LogP contribution in [-0.4, -0.2) is 5.11 Å². The zero-order chi connectivity index (χ0) is 8.59. The second kappa shape index (κ2) is 2.62. The molecule has 0 heterocycles. The monoisotopic (exact) mass is 171 g/mol. The van der Waals surface area contributed by atoms with E-state index in [-0.39, 0.29) is 5.75 Å². The first kappa shape index (κ1) is 8.21. The first-order valence-corrected chi connectivity index (χ1v) is 3.66. The van der Waals surface area contributed by atoms with Crippen LogP contribution in [0.1, 0.15) is 11.1 Å². The van der Waals surface area contributed by atoms with E-state index < -0.39 is 0 Å². The zero-order valence-electron chi connectivity index (χ0n) is 6.48. The number of hydrogen-bond donors (Lipinski definition) is 2. The van der Waals surface area contributed by atoms with Gasteiger partial charge in [-0.25, -0.2) is 0 Å². The Hall–Kier alpha value is -0.890. The summed E-state index contributed by atoms with van der Waals surface area (Å²) in [4.78, 5) is 0. The van der Waals surface area contributed by atoms with Crippen LogP contribution < -0.4 is 5.73 Å². The molecule has 0 fully saturated rings. The molecule has 2 nitrogen and oxygen atoms in total. The second-order valence-electron chi connectivity index (χ2n) is 2.57. The van der Waals surface area contributed by atoms with Gasteiger partial charge in [-0.1, -0.05) is 11.6 Å². The average Bonchev–Trinajstić information content (AvgIpc) is 1.97. The lowest BCUT2D eigenvalue weighted by atomic mass is 10.1. The Morgan fingerprint density at radius 2 is 2.00 bits per heavy atom. The summed E-state index contributed by atoms with van der Waals surface area (Å²) in [5.74, 6) is 0.199. The van der Waals surface area contributed by atoms with E-state index in [1.807, 2.05) is 0 Å². The smallest absolute Gasteiger partial charge is 0.120 e. The van der Waals surface area contributed by atoms with Crippen molar-refractivity contribution in [1.29, 1.82) is 0 Å². The maximum Gasteiger partial charge on any atom is 0.120 e. The number of aryl methyl sites for hydroxylation is 1. The molecule has 0 radical (unpaired) electrons. The molecule has 0 aliphatic rings. The number of hydrogen-bond acceptors (Lipinski definition) is 2. The molecule has 0 amide bonds. The first-order chi connectivity index (χ1) is 5.04. The van der Waals surface area contributed by atoms with Crippen molar-refractivity contribution in [1.82, 2.24) is 0 Å². The lowest BCUT2D eigenvalue weighted by Crippen LogP contribution is -1.92. The summed E-state index contributed by atoms with van der Waals surface area (Å²) in [7, 11) is 0. The minimum atomic E-state index is 0.199. The fourth-order valence-electron chi connectivity index (χ4n) is 0.892. The Kier molecular flexibility index (Phi) is 1.96. The summed E-state index contributed by atoms with van der Waals surface area (Å²) in [5.41, 5.74) is 7.49. The van der Waals surface area contributed by atoms with Gasteiger partial charge < -0.3 is 10.8 Å². The maximum absolute atomic E-state index is 9.27. The van der Waals surface area contributed by atoms with E-state index >= 15 is 0 Å². The third-order valence-electron chi connectivity index (χ3n) is 1.72. The van der Waals surface area contributed by atoms with Crippen LogP contribution in [0.3, 0.4) is 0 Å². The predicted octanol–water partition coefficient (Wildman–Crippen LogP) is 2.24. The Labute approximate surface area is 70.6 Å². The highest BCUT2D eigenvalue weighted by Gasteiger charge is 2.07. The van der Waals surface area contributed by atoms with E-state index in [4.69, 9.17) is 17.3 Å². The summed E-state index contributed by atoms with van der Waals surface area (Å²) >= 11 is 5.82. The molecule has 0 spiro atoms. The quantitative estimate of drug-likeness (QED) is 0.589. The number of phenols is 1. The molecule has 0 aromatic heterocycles. The summed E-state index contributed by atoms with van der Waals surface area (Å²) in [5, 5.41) is 9.79. The SMILES string of the molecule is Cc1cc(O)c(C)c(N)c1Cl. The summed E-state index contributed by atoms with van der Waals surface area (Å²) in [6, 6.07) is 1.61. The number of nitrogen functional groups attached to an aromatic ring is 1. The average molecular weight is 172 g/mol. The zero-order valence-corrected chi connectivity index (χ0v) is 7.24. The van der Waals surface area contributed by atoms with Crippen LogP contribution in [0.4, 0.5) is 5.69 Å². The van der Waals surface area contributed by atoms with Gasteiger partial charge in [-0.3, -0.25) is 0 Å². The summed E-state index contributed by atoms with van der Waals surface area (Å²) in [6.07, 6.45) is 0. The third-order valence-corrected chi connectivity index (χ3v) is 2.23. The number of aromatic hydroxyl groups is 1. The van der Waals surface area contributed by atoms with Crippen molar-refractivity contribution in [3.8, 4) is 5.75 Å². The minimum Gasteiger partial charge on any atom is -0.508 e. The topological polar surface area (TPSA) is 46.2 Å². The molecule has 11 heavy (non-hydrogen) atoms. The Balaban J connectivity index is 3.46. The van der Waals surface area contributed by atoms with Crippen LogP contribution >= 0.6 is 11.6 Å². The van der Waals surface area contributed by atoms with Crippen molar-refractivity contribution in [3.63, 3.8) is 0 Å². The molecule has 0 saturated heterocycles. The van der Waals surface area contributed by atoms with Crippen LogP contribution in [0.25, 0.3) is 0 Å². The van der Waals surface area contributed by atoms with Crippen molar-refractivity contribution in [3.05, 3.63) is 22.2 Å². The van der Waals surface area contributed by atoms with E-state index in [2.05, 4.69) is 0 Å². The van der Waals surface area contributed by atoms with Gasteiger partial charge in [-0.15, -0.1) is 0 Å². The van der Waals surface area contributed by atoms with Gasteiger partial charge in [-0.2, -0.15) is 0 Å². The lowest BCUT2D eigenvalue weighted by molar-refractivity contribution is 0.471. The van der Waals surface area contributed by atoms with Gasteiger partial charge in [0.05, 0.1) is 10.7 Å². The number of phenolic OH excluding ortho intramolecular Hbond substituents is 1. The van der Waals surface area contributed by atoms with Gasteiger partial charge in [0.2, 0.25) is 0 Å². The van der Waals surface area contributed by atoms with E-state index in [1.54, 1.807) is 19.9 Å². The number of rotatable bonds is 0. The van der Waals surface area contributed by atoms with Crippen LogP contribution in [0.15, 0.2) is 6.07 Å². The normalized spacial score (nSPS) is 10.1. The number of anilines is 1. The first-order valence-electron chi connectivity index (χ1n) is 3.28. The molecule has 0 unspecified atom stereocenters. The molecule has 0 bridgehead atoms. The highest BCUT2D eigenvalue weighted by atomic mass is 35.5. The number of halogens is 1. The molecule has 0 saturated carbocycles. The van der Waals surface area contributed by atoms with Gasteiger partial charge in [-0.05, 0) is 25.5 Å². The molecule has 1 rings (SSSR count). The number of benzene rings is 1. The summed E-state index contributed by atoms with van der Waals surface area (Å²) < 4.78 is 0. The highest BCUT2D eigenvalue weighted by Crippen LogP contribution is 2.32. The highest BCUT2D eigenvalue weighted by molar-refractivity contribution is 6.34. The third kappa shape index (κ3) is 1.26. The van der Waals surface area contributed by atoms with Crippen molar-refractivity contribution >= 4 is 17.3 Å². The van der Waals surface area contributed by atoms with Crippen molar-refractivity contribution in [2.45, 2.75) is 13.8 Å². The van der Waals surface area contributed by atoms with Crippen molar-refractivity contribution in [2.75, 3.05) is 5.73 Å². The molecule has 1 aromatic carbocycles. The van der Waals surface area contributed by atoms with Gasteiger partial charge in [0.1, 0.15) is 5.75 Å². The Bertz CT molecular complexity index is 270. The van der Waals surface area contributed by atoms with Crippen LogP contribution in [0, 0.1) is 13.8 Å². The van der Waals surface area contributed by atoms with Gasteiger partial charge in [0.15, 0.2) is 0 Å². The van der Waals surface area contributed by atoms with E-state index in [1.165, 1.54) is 0 Å². The fraction of sp³-hybridized carbons (Fsp3) is 0.250. The van der Waals surface area contributed by atoms with Crippen LogP contribution in [-0.2, 0) is 0 Å². The van der Waals surface area contributed by atoms with Gasteiger partial charge in [0, 0.05) is 5.56 Å². The molecule has 0 aliphatic heterocycles. The van der Waals surface area contributed by atoms with E-state index in [0.29, 0.717) is 16.3 Å². The minimum absolute atomic E-state index is 0.199. The van der Waals surface area contributed by atoms with Crippen molar-refractivity contribution < 1.29 is 5.11 Å². The predicted molar refractivity (Wildman–Crippen MR) is 47.0 cm³/mol. The van der Waals surface area contributed by atoms with Crippen LogP contribution in [0.5, 0.6) is 5.75 Å². The molecule has 60 valence electrons. The fourth-order valence-corrected chi connectivity index (χ4v) is 1.09. The molecular weight excluding hydrogens is 162 g/mol.